The molecule has 0 saturated carbocycles. The van der Waals surface area contributed by atoms with Crippen LogP contribution < -0.4 is 5.73 Å². The lowest BCUT2D eigenvalue weighted by Crippen LogP contribution is -2.13. The highest BCUT2D eigenvalue weighted by molar-refractivity contribution is 7.99. The van der Waals surface area contributed by atoms with Crippen molar-refractivity contribution in [2.45, 2.75) is 31.2 Å². The summed E-state index contributed by atoms with van der Waals surface area (Å²) in [6.07, 6.45) is 4.75. The van der Waals surface area contributed by atoms with Gasteiger partial charge in [-0.05, 0) is 35.6 Å². The first kappa shape index (κ1) is 15.1. The standard InChI is InChI=1S/C17H22N2S/c1-13(2)11-14-3-5-15(6-4-14)17(18)12-20-16-7-9-19-10-8-16/h3-10,13,17H,11-12,18H2,1-2H3. The van der Waals surface area contributed by atoms with Crippen molar-refractivity contribution in [3.8, 4) is 0 Å². The van der Waals surface area contributed by atoms with Crippen molar-refractivity contribution in [3.63, 3.8) is 0 Å². The zero-order valence-electron chi connectivity index (χ0n) is 12.1. The molecule has 0 saturated heterocycles. The molecule has 1 aromatic heterocycles. The number of nitrogens with two attached hydrogens (primary N) is 1. The molecule has 2 rings (SSSR count). The van der Waals surface area contributed by atoms with Gasteiger partial charge in [0.05, 0.1) is 0 Å². The van der Waals surface area contributed by atoms with Crippen LogP contribution in [0.15, 0.2) is 53.7 Å². The van der Waals surface area contributed by atoms with Crippen molar-refractivity contribution in [2.75, 3.05) is 5.75 Å². The Morgan fingerprint density at radius 1 is 1.05 bits per heavy atom. The van der Waals surface area contributed by atoms with Crippen LogP contribution in [0.3, 0.4) is 0 Å². The van der Waals surface area contributed by atoms with Crippen LogP contribution in [-0.2, 0) is 6.42 Å². The van der Waals surface area contributed by atoms with Crippen LogP contribution in [0, 0.1) is 5.92 Å². The number of pyridine rings is 1. The third kappa shape index (κ3) is 4.66. The van der Waals surface area contributed by atoms with Gasteiger partial charge in [-0.15, -0.1) is 11.8 Å². The normalized spacial score (nSPS) is 12.6. The van der Waals surface area contributed by atoms with Gasteiger partial charge in [-0.25, -0.2) is 0 Å². The number of hydrogen-bond acceptors (Lipinski definition) is 3. The highest BCUT2D eigenvalue weighted by Crippen LogP contribution is 2.23. The van der Waals surface area contributed by atoms with Crippen LogP contribution >= 0.6 is 11.8 Å². The third-order valence-electron chi connectivity index (χ3n) is 3.13. The monoisotopic (exact) mass is 286 g/mol. The van der Waals surface area contributed by atoms with Gasteiger partial charge >= 0.3 is 0 Å². The quantitative estimate of drug-likeness (QED) is 0.813. The molecule has 0 amide bonds. The average molecular weight is 286 g/mol. The molecule has 3 heteroatoms. The highest BCUT2D eigenvalue weighted by Gasteiger charge is 2.07. The molecule has 20 heavy (non-hydrogen) atoms. The van der Waals surface area contributed by atoms with Crippen LogP contribution in [0.2, 0.25) is 0 Å². The molecule has 1 atom stereocenters. The van der Waals surface area contributed by atoms with Crippen molar-refractivity contribution >= 4 is 11.8 Å². The summed E-state index contributed by atoms with van der Waals surface area (Å²) < 4.78 is 0. The van der Waals surface area contributed by atoms with Crippen molar-refractivity contribution in [3.05, 3.63) is 59.9 Å². The van der Waals surface area contributed by atoms with E-state index in [0.29, 0.717) is 5.92 Å². The second-order valence-electron chi connectivity index (χ2n) is 5.44. The molecule has 2 nitrogen and oxygen atoms in total. The van der Waals surface area contributed by atoms with Gasteiger partial charge in [-0.2, -0.15) is 0 Å². The van der Waals surface area contributed by atoms with E-state index in [9.17, 15) is 0 Å². The minimum atomic E-state index is 0.0706. The van der Waals surface area contributed by atoms with E-state index in [-0.39, 0.29) is 6.04 Å². The van der Waals surface area contributed by atoms with Crippen molar-refractivity contribution in [2.24, 2.45) is 11.7 Å². The number of thioether (sulfide) groups is 1. The first-order chi connectivity index (χ1) is 9.65. The van der Waals surface area contributed by atoms with E-state index in [1.54, 1.807) is 11.8 Å². The van der Waals surface area contributed by atoms with Gasteiger partial charge < -0.3 is 5.73 Å². The van der Waals surface area contributed by atoms with Gasteiger partial charge in [-0.3, -0.25) is 4.98 Å². The second-order valence-corrected chi connectivity index (χ2v) is 6.53. The Morgan fingerprint density at radius 3 is 2.30 bits per heavy atom. The summed E-state index contributed by atoms with van der Waals surface area (Å²) in [5.41, 5.74) is 8.85. The van der Waals surface area contributed by atoms with E-state index < -0.39 is 0 Å². The van der Waals surface area contributed by atoms with Gasteiger partial charge in [0.1, 0.15) is 0 Å². The Morgan fingerprint density at radius 2 is 1.70 bits per heavy atom. The second kappa shape index (κ2) is 7.46. The van der Waals surface area contributed by atoms with Crippen LogP contribution in [0.25, 0.3) is 0 Å². The maximum atomic E-state index is 6.26. The lowest BCUT2D eigenvalue weighted by atomic mass is 10.0. The molecular weight excluding hydrogens is 264 g/mol. The molecule has 2 N–H and O–H groups in total. The minimum Gasteiger partial charge on any atom is -0.323 e. The molecule has 106 valence electrons. The highest BCUT2D eigenvalue weighted by atomic mass is 32.2. The van der Waals surface area contributed by atoms with Gasteiger partial charge in [0.25, 0.3) is 0 Å². The topological polar surface area (TPSA) is 38.9 Å². The van der Waals surface area contributed by atoms with Gasteiger partial charge in [-0.1, -0.05) is 38.1 Å². The summed E-state index contributed by atoms with van der Waals surface area (Å²) in [6.45, 7) is 4.48. The summed E-state index contributed by atoms with van der Waals surface area (Å²) in [4.78, 5) is 5.23. The van der Waals surface area contributed by atoms with E-state index in [1.807, 2.05) is 24.5 Å². The largest absolute Gasteiger partial charge is 0.323 e. The Hall–Kier alpha value is -1.32. The Bertz CT molecular complexity index is 508. The van der Waals surface area contributed by atoms with E-state index in [4.69, 9.17) is 5.73 Å². The van der Waals surface area contributed by atoms with Crippen LogP contribution in [0.5, 0.6) is 0 Å². The van der Waals surface area contributed by atoms with Gasteiger partial charge in [0.2, 0.25) is 0 Å². The fraction of sp³-hybridized carbons (Fsp3) is 0.353. The molecule has 0 fully saturated rings. The lowest BCUT2D eigenvalue weighted by molar-refractivity contribution is 0.647. The molecule has 1 aromatic carbocycles. The molecule has 0 spiro atoms. The zero-order chi connectivity index (χ0) is 14.4. The van der Waals surface area contributed by atoms with E-state index in [0.717, 1.165) is 12.2 Å². The lowest BCUT2D eigenvalue weighted by Gasteiger charge is -2.13. The molecule has 2 aromatic rings. The molecular formula is C17H22N2S. The molecule has 0 aliphatic carbocycles. The SMILES string of the molecule is CC(C)Cc1ccc(C(N)CSc2ccncc2)cc1. The molecule has 1 unspecified atom stereocenters. The number of rotatable bonds is 6. The summed E-state index contributed by atoms with van der Waals surface area (Å²) in [6, 6.07) is 12.8. The van der Waals surface area contributed by atoms with E-state index in [1.165, 1.54) is 16.0 Å². The molecule has 0 aliphatic heterocycles. The summed E-state index contributed by atoms with van der Waals surface area (Å²) in [7, 11) is 0. The number of nitrogens with zero attached hydrogens (tertiary/aromatic N) is 1. The van der Waals surface area contributed by atoms with E-state index >= 15 is 0 Å². The number of aromatic nitrogens is 1. The predicted molar refractivity (Wildman–Crippen MR) is 86.9 cm³/mol. The Labute approximate surface area is 125 Å². The first-order valence-electron chi connectivity index (χ1n) is 7.02. The number of benzene rings is 1. The van der Waals surface area contributed by atoms with Crippen LogP contribution in [0.1, 0.15) is 31.0 Å². The maximum Gasteiger partial charge on any atom is 0.0390 e. The van der Waals surface area contributed by atoms with Gasteiger partial charge in [0.15, 0.2) is 0 Å². The fourth-order valence-corrected chi connectivity index (χ4v) is 2.97. The van der Waals surface area contributed by atoms with Gasteiger partial charge in [0, 0.05) is 29.1 Å². The molecule has 0 bridgehead atoms. The fourth-order valence-electron chi connectivity index (χ4n) is 2.09. The van der Waals surface area contributed by atoms with E-state index in [2.05, 4.69) is 43.1 Å². The summed E-state index contributed by atoms with van der Waals surface area (Å²) >= 11 is 1.77. The first-order valence-corrected chi connectivity index (χ1v) is 8.01. The zero-order valence-corrected chi connectivity index (χ0v) is 12.9. The summed E-state index contributed by atoms with van der Waals surface area (Å²) in [5, 5.41) is 0. The Kier molecular flexibility index (Phi) is 5.62. The minimum absolute atomic E-state index is 0.0706. The maximum absolute atomic E-state index is 6.26. The smallest absolute Gasteiger partial charge is 0.0390 e. The van der Waals surface area contributed by atoms with Crippen LogP contribution in [0.4, 0.5) is 0 Å². The predicted octanol–water partition coefficient (Wildman–Crippen LogP) is 4.07. The van der Waals surface area contributed by atoms with Crippen molar-refractivity contribution < 1.29 is 0 Å². The molecule has 0 radical (unpaired) electrons. The van der Waals surface area contributed by atoms with Crippen molar-refractivity contribution in [1.82, 2.24) is 4.98 Å². The number of hydrogen-bond donors (Lipinski definition) is 1. The third-order valence-corrected chi connectivity index (χ3v) is 4.26. The van der Waals surface area contributed by atoms with Crippen molar-refractivity contribution in [1.29, 1.82) is 0 Å². The summed E-state index contributed by atoms with van der Waals surface area (Å²) in [5.74, 6) is 1.57. The molecule has 0 aliphatic rings. The Balaban J connectivity index is 1.90. The molecule has 1 heterocycles. The van der Waals surface area contributed by atoms with Crippen LogP contribution in [-0.4, -0.2) is 10.7 Å². The average Bonchev–Trinajstić information content (AvgIpc) is 2.46.